The van der Waals surface area contributed by atoms with Crippen LogP contribution in [0.4, 0.5) is 4.79 Å². The Morgan fingerprint density at radius 1 is 0.756 bits per heavy atom. The quantitative estimate of drug-likeness (QED) is 0.163. The zero-order chi connectivity index (χ0) is 32.1. The van der Waals surface area contributed by atoms with Crippen LogP contribution in [-0.2, 0) is 19.7 Å². The number of amides is 3. The van der Waals surface area contributed by atoms with Gasteiger partial charge >= 0.3 is 6.09 Å². The lowest BCUT2D eigenvalue weighted by Crippen LogP contribution is -2.45. The molecule has 0 unspecified atom stereocenters. The molecule has 0 bridgehead atoms. The summed E-state index contributed by atoms with van der Waals surface area (Å²) in [5, 5.41) is 6.20. The molecule has 0 aliphatic carbocycles. The summed E-state index contributed by atoms with van der Waals surface area (Å²) in [6.45, 7) is 8.05. The van der Waals surface area contributed by atoms with E-state index in [1.54, 1.807) is 4.90 Å². The molecule has 240 valence electrons. The Bertz CT molecular complexity index is 1260. The third-order valence-electron chi connectivity index (χ3n) is 8.39. The van der Waals surface area contributed by atoms with Crippen LogP contribution >= 0.6 is 0 Å². The largest absolute Gasteiger partial charge is 0.444 e. The average molecular weight is 612 g/mol. The number of carbonyl (C=O) groups is 3. The molecule has 0 saturated carbocycles. The fourth-order valence-electron chi connectivity index (χ4n) is 6.16. The third-order valence-corrected chi connectivity index (χ3v) is 8.39. The number of hydrogen-bond donors (Lipinski definition) is 2. The van der Waals surface area contributed by atoms with Gasteiger partial charge < -0.3 is 20.3 Å². The molecule has 3 amide bonds. The summed E-state index contributed by atoms with van der Waals surface area (Å²) in [5.74, 6) is 0.268. The number of carbonyl (C=O) groups excluding carboxylic acids is 3. The monoisotopic (exact) mass is 611 g/mol. The summed E-state index contributed by atoms with van der Waals surface area (Å²) in [6.07, 6.45) is 4.78. The highest BCUT2D eigenvalue weighted by molar-refractivity contribution is 5.80. The van der Waals surface area contributed by atoms with E-state index in [4.69, 9.17) is 4.74 Å². The lowest BCUT2D eigenvalue weighted by Gasteiger charge is -2.35. The SMILES string of the molecule is CC(C)(C)OC(=O)N1CCC[C@H](CNC(=O)CCCCCNC(=O)CC(c2ccccc2)(c2ccccc2)c2ccccc2)C1. The maximum absolute atomic E-state index is 13.5. The van der Waals surface area contributed by atoms with Gasteiger partial charge in [-0.15, -0.1) is 0 Å². The first-order valence-corrected chi connectivity index (χ1v) is 16.4. The van der Waals surface area contributed by atoms with E-state index in [2.05, 4.69) is 47.0 Å². The van der Waals surface area contributed by atoms with Gasteiger partial charge in [0.15, 0.2) is 0 Å². The molecule has 7 heteroatoms. The number of nitrogens with one attached hydrogen (secondary N) is 2. The van der Waals surface area contributed by atoms with Crippen LogP contribution in [0.1, 0.15) is 82.4 Å². The highest BCUT2D eigenvalue weighted by atomic mass is 16.6. The minimum absolute atomic E-state index is 0.00258. The van der Waals surface area contributed by atoms with Gasteiger partial charge in [-0.1, -0.05) is 97.4 Å². The van der Waals surface area contributed by atoms with Crippen LogP contribution in [0.2, 0.25) is 0 Å². The smallest absolute Gasteiger partial charge is 0.410 e. The number of likely N-dealkylation sites (tertiary alicyclic amines) is 1. The number of unbranched alkanes of at least 4 members (excludes halogenated alkanes) is 2. The van der Waals surface area contributed by atoms with Crippen LogP contribution in [-0.4, -0.2) is 54.6 Å². The maximum Gasteiger partial charge on any atom is 0.410 e. The number of rotatable bonds is 13. The Labute approximate surface area is 268 Å². The average Bonchev–Trinajstić information content (AvgIpc) is 3.05. The number of benzene rings is 3. The number of ether oxygens (including phenoxy) is 1. The second-order valence-corrected chi connectivity index (χ2v) is 13.1. The molecule has 0 spiro atoms. The number of nitrogens with zero attached hydrogens (tertiary/aromatic N) is 1. The Hall–Kier alpha value is -4.13. The van der Waals surface area contributed by atoms with Crippen LogP contribution in [0.5, 0.6) is 0 Å². The van der Waals surface area contributed by atoms with Crippen molar-refractivity contribution in [1.82, 2.24) is 15.5 Å². The van der Waals surface area contributed by atoms with Crippen LogP contribution in [0.15, 0.2) is 91.0 Å². The molecule has 3 aromatic carbocycles. The van der Waals surface area contributed by atoms with Gasteiger partial charge in [-0.2, -0.15) is 0 Å². The summed E-state index contributed by atoms with van der Waals surface area (Å²) in [4.78, 5) is 40.2. The normalized spacial score (nSPS) is 15.3. The molecule has 0 radical (unpaired) electrons. The van der Waals surface area contributed by atoms with E-state index in [1.807, 2.05) is 75.4 Å². The Morgan fingerprint density at radius 2 is 1.31 bits per heavy atom. The van der Waals surface area contributed by atoms with Crippen molar-refractivity contribution in [2.45, 2.75) is 76.7 Å². The molecule has 0 aromatic heterocycles. The molecule has 2 N–H and O–H groups in total. The molecule has 45 heavy (non-hydrogen) atoms. The highest BCUT2D eigenvalue weighted by Gasteiger charge is 2.38. The van der Waals surface area contributed by atoms with Crippen LogP contribution < -0.4 is 10.6 Å². The van der Waals surface area contributed by atoms with Crippen molar-refractivity contribution in [3.63, 3.8) is 0 Å². The molecule has 4 rings (SSSR count). The van der Waals surface area contributed by atoms with Gasteiger partial charge in [0.1, 0.15) is 5.60 Å². The van der Waals surface area contributed by atoms with Crippen LogP contribution in [0.3, 0.4) is 0 Å². The number of hydrogen-bond acceptors (Lipinski definition) is 4. The number of piperidine rings is 1. The predicted molar refractivity (Wildman–Crippen MR) is 179 cm³/mol. The molecule has 3 aromatic rings. The van der Waals surface area contributed by atoms with Crippen molar-refractivity contribution < 1.29 is 19.1 Å². The maximum atomic E-state index is 13.5. The molecule has 1 heterocycles. The van der Waals surface area contributed by atoms with Gasteiger partial charge in [0.05, 0.1) is 5.41 Å². The van der Waals surface area contributed by atoms with E-state index in [0.29, 0.717) is 39.0 Å². The molecule has 1 aliphatic rings. The fraction of sp³-hybridized carbons (Fsp3) is 0.447. The Balaban J connectivity index is 1.22. The van der Waals surface area contributed by atoms with Crippen molar-refractivity contribution >= 4 is 17.9 Å². The van der Waals surface area contributed by atoms with Crippen molar-refractivity contribution in [3.8, 4) is 0 Å². The molecule has 1 aliphatic heterocycles. The molecular formula is C38H49N3O4. The summed E-state index contributed by atoms with van der Waals surface area (Å²) < 4.78 is 5.51. The minimum Gasteiger partial charge on any atom is -0.444 e. The lowest BCUT2D eigenvalue weighted by molar-refractivity contribution is -0.122. The first-order chi connectivity index (χ1) is 21.7. The van der Waals surface area contributed by atoms with E-state index < -0.39 is 11.0 Å². The van der Waals surface area contributed by atoms with E-state index in [-0.39, 0.29) is 23.8 Å². The zero-order valence-electron chi connectivity index (χ0n) is 27.1. The highest BCUT2D eigenvalue weighted by Crippen LogP contribution is 2.42. The van der Waals surface area contributed by atoms with Gasteiger partial charge in [0, 0.05) is 39.0 Å². The Kier molecular flexibility index (Phi) is 12.2. The molecule has 7 nitrogen and oxygen atoms in total. The second-order valence-electron chi connectivity index (χ2n) is 13.1. The van der Waals surface area contributed by atoms with Gasteiger partial charge in [0.2, 0.25) is 11.8 Å². The van der Waals surface area contributed by atoms with Gasteiger partial charge in [0.25, 0.3) is 0 Å². The zero-order valence-corrected chi connectivity index (χ0v) is 27.1. The van der Waals surface area contributed by atoms with Crippen LogP contribution in [0.25, 0.3) is 0 Å². The first kappa shape index (κ1) is 33.8. The predicted octanol–water partition coefficient (Wildman–Crippen LogP) is 6.85. The van der Waals surface area contributed by atoms with Crippen molar-refractivity contribution in [2.24, 2.45) is 5.92 Å². The molecule has 1 fully saturated rings. The minimum atomic E-state index is -0.617. The molecular weight excluding hydrogens is 562 g/mol. The summed E-state index contributed by atoms with van der Waals surface area (Å²) in [5.41, 5.74) is 2.10. The molecule has 1 atom stereocenters. The van der Waals surface area contributed by atoms with Gasteiger partial charge in [-0.25, -0.2) is 4.79 Å². The summed E-state index contributed by atoms with van der Waals surface area (Å²) in [6, 6.07) is 30.8. The van der Waals surface area contributed by atoms with Gasteiger partial charge in [-0.05, 0) is 69.1 Å². The van der Waals surface area contributed by atoms with Crippen molar-refractivity contribution in [1.29, 1.82) is 0 Å². The first-order valence-electron chi connectivity index (χ1n) is 16.4. The standard InChI is InChI=1S/C38H49N3O4/c1-37(2,3)45-36(44)41-26-16-17-30(29-41)28-40-34(42)24-14-7-15-25-39-35(43)27-38(31-18-8-4-9-19-31,32-20-10-5-11-21-32)33-22-12-6-13-23-33/h4-6,8-13,18-23,30H,7,14-17,24-29H2,1-3H3,(H,39,43)(H,40,42)/t30-/m1/s1. The Morgan fingerprint density at radius 3 is 1.84 bits per heavy atom. The van der Waals surface area contributed by atoms with E-state index in [9.17, 15) is 14.4 Å². The van der Waals surface area contributed by atoms with Crippen molar-refractivity contribution in [2.75, 3.05) is 26.2 Å². The van der Waals surface area contributed by atoms with Gasteiger partial charge in [-0.3, -0.25) is 9.59 Å². The van der Waals surface area contributed by atoms with E-state index >= 15 is 0 Å². The van der Waals surface area contributed by atoms with Crippen LogP contribution in [0, 0.1) is 5.92 Å². The van der Waals surface area contributed by atoms with E-state index in [0.717, 1.165) is 48.8 Å². The second kappa shape index (κ2) is 16.3. The summed E-state index contributed by atoms with van der Waals surface area (Å²) >= 11 is 0. The lowest BCUT2D eigenvalue weighted by atomic mass is 9.67. The summed E-state index contributed by atoms with van der Waals surface area (Å²) in [7, 11) is 0. The van der Waals surface area contributed by atoms with Crippen molar-refractivity contribution in [3.05, 3.63) is 108 Å². The molecule has 1 saturated heterocycles. The third kappa shape index (κ3) is 9.93. The van der Waals surface area contributed by atoms with E-state index in [1.165, 1.54) is 0 Å². The topological polar surface area (TPSA) is 87.7 Å². The fourth-order valence-corrected chi connectivity index (χ4v) is 6.16.